The van der Waals surface area contributed by atoms with Gasteiger partial charge in [0.15, 0.2) is 6.29 Å². The molecule has 0 saturated carbocycles. The Hall–Kier alpha value is -0.120. The molecular formula is C13H29NO2. The number of ether oxygens (including phenoxy) is 2. The van der Waals surface area contributed by atoms with Crippen LogP contribution in [-0.2, 0) is 9.47 Å². The van der Waals surface area contributed by atoms with Gasteiger partial charge >= 0.3 is 0 Å². The number of likely N-dealkylation sites (N-methyl/N-ethyl adjacent to an activating group) is 1. The third-order valence-electron chi connectivity index (χ3n) is 2.88. The molecule has 0 rings (SSSR count). The van der Waals surface area contributed by atoms with Crippen LogP contribution in [0.15, 0.2) is 0 Å². The van der Waals surface area contributed by atoms with E-state index in [9.17, 15) is 0 Å². The highest BCUT2D eigenvalue weighted by Crippen LogP contribution is 2.11. The van der Waals surface area contributed by atoms with Crippen LogP contribution in [0.25, 0.3) is 0 Å². The smallest absolute Gasteiger partial charge is 0.171 e. The molecule has 0 amide bonds. The molecule has 0 aliphatic rings. The lowest BCUT2D eigenvalue weighted by Gasteiger charge is -2.25. The van der Waals surface area contributed by atoms with Gasteiger partial charge in [0.1, 0.15) is 0 Å². The van der Waals surface area contributed by atoms with E-state index in [0.29, 0.717) is 6.04 Å². The van der Waals surface area contributed by atoms with E-state index in [-0.39, 0.29) is 6.29 Å². The average Bonchev–Trinajstić information content (AvgIpc) is 2.30. The third-order valence-corrected chi connectivity index (χ3v) is 2.88. The lowest BCUT2D eigenvalue weighted by molar-refractivity contribution is -0.124. The van der Waals surface area contributed by atoms with Gasteiger partial charge in [-0.2, -0.15) is 0 Å². The fraction of sp³-hybridized carbons (Fsp3) is 1.00. The summed E-state index contributed by atoms with van der Waals surface area (Å²) in [6.07, 6.45) is 7.58. The van der Waals surface area contributed by atoms with Crippen LogP contribution < -0.4 is 5.32 Å². The first-order chi connectivity index (χ1) is 7.79. The summed E-state index contributed by atoms with van der Waals surface area (Å²) in [5, 5.41) is 3.43. The lowest BCUT2D eigenvalue weighted by atomic mass is 10.1. The predicted octanol–water partition coefficient (Wildman–Crippen LogP) is 2.94. The molecule has 3 heteroatoms. The molecule has 0 heterocycles. The molecular weight excluding hydrogens is 202 g/mol. The van der Waals surface area contributed by atoms with E-state index >= 15 is 0 Å². The fourth-order valence-corrected chi connectivity index (χ4v) is 1.99. The Balaban J connectivity index is 3.74. The number of rotatable bonds is 11. The topological polar surface area (TPSA) is 30.5 Å². The first-order valence-electron chi connectivity index (χ1n) is 6.59. The number of hydrogen-bond donors (Lipinski definition) is 1. The molecule has 0 radical (unpaired) electrons. The molecule has 0 spiro atoms. The quantitative estimate of drug-likeness (QED) is 0.438. The molecule has 1 unspecified atom stereocenters. The second-order valence-corrected chi connectivity index (χ2v) is 4.21. The van der Waals surface area contributed by atoms with E-state index in [1.807, 2.05) is 0 Å². The van der Waals surface area contributed by atoms with Gasteiger partial charge in [0.05, 0.1) is 6.04 Å². The van der Waals surface area contributed by atoms with Gasteiger partial charge in [-0.25, -0.2) is 0 Å². The normalized spacial score (nSPS) is 13.3. The summed E-state index contributed by atoms with van der Waals surface area (Å²) in [5.41, 5.74) is 0. The Labute approximate surface area is 101 Å². The van der Waals surface area contributed by atoms with Gasteiger partial charge in [0, 0.05) is 14.2 Å². The molecule has 1 N–H and O–H groups in total. The Morgan fingerprint density at radius 1 is 0.938 bits per heavy atom. The summed E-state index contributed by atoms with van der Waals surface area (Å²) in [7, 11) is 3.41. The highest BCUT2D eigenvalue weighted by atomic mass is 16.7. The lowest BCUT2D eigenvalue weighted by Crippen LogP contribution is -2.41. The molecule has 0 bridgehead atoms. The van der Waals surface area contributed by atoms with E-state index in [4.69, 9.17) is 9.47 Å². The summed E-state index contributed by atoms with van der Waals surface area (Å²) in [4.78, 5) is 0. The van der Waals surface area contributed by atoms with Crippen molar-refractivity contribution in [3.63, 3.8) is 0 Å². The van der Waals surface area contributed by atoms with Crippen LogP contribution in [0.4, 0.5) is 0 Å². The van der Waals surface area contributed by atoms with Gasteiger partial charge in [0.25, 0.3) is 0 Å². The highest BCUT2D eigenvalue weighted by molar-refractivity contribution is 4.70. The minimum atomic E-state index is -0.119. The van der Waals surface area contributed by atoms with Gasteiger partial charge in [-0.3, -0.25) is 0 Å². The van der Waals surface area contributed by atoms with E-state index in [0.717, 1.165) is 13.0 Å². The largest absolute Gasteiger partial charge is 0.354 e. The van der Waals surface area contributed by atoms with Gasteiger partial charge in [-0.15, -0.1) is 0 Å². The Morgan fingerprint density at radius 2 is 1.56 bits per heavy atom. The van der Waals surface area contributed by atoms with Crippen LogP contribution >= 0.6 is 0 Å². The molecule has 0 aromatic heterocycles. The van der Waals surface area contributed by atoms with E-state index < -0.39 is 0 Å². The molecule has 16 heavy (non-hydrogen) atoms. The predicted molar refractivity (Wildman–Crippen MR) is 68.6 cm³/mol. The minimum Gasteiger partial charge on any atom is -0.354 e. The summed E-state index contributed by atoms with van der Waals surface area (Å²) in [6.45, 7) is 5.32. The monoisotopic (exact) mass is 231 g/mol. The van der Waals surface area contributed by atoms with E-state index in [1.165, 1.54) is 32.1 Å². The third kappa shape index (κ3) is 7.20. The molecule has 3 nitrogen and oxygen atoms in total. The molecule has 0 aromatic carbocycles. The second kappa shape index (κ2) is 11.4. The number of unbranched alkanes of at least 4 members (excludes halogenated alkanes) is 4. The Bertz CT molecular complexity index is 138. The molecule has 1 atom stereocenters. The van der Waals surface area contributed by atoms with E-state index in [2.05, 4.69) is 19.2 Å². The molecule has 0 fully saturated rings. The van der Waals surface area contributed by atoms with Crippen LogP contribution in [0.5, 0.6) is 0 Å². The van der Waals surface area contributed by atoms with Gasteiger partial charge in [-0.1, -0.05) is 46.0 Å². The van der Waals surface area contributed by atoms with Crippen molar-refractivity contribution in [1.29, 1.82) is 0 Å². The average molecular weight is 231 g/mol. The SMILES string of the molecule is CCCCCCCC(NCC)C(OC)OC. The zero-order valence-corrected chi connectivity index (χ0v) is 11.4. The first kappa shape index (κ1) is 15.9. The highest BCUT2D eigenvalue weighted by Gasteiger charge is 2.18. The Morgan fingerprint density at radius 3 is 2.06 bits per heavy atom. The van der Waals surface area contributed by atoms with Crippen molar-refractivity contribution in [3.8, 4) is 0 Å². The van der Waals surface area contributed by atoms with Crippen LogP contribution in [0.2, 0.25) is 0 Å². The zero-order chi connectivity index (χ0) is 12.2. The van der Waals surface area contributed by atoms with Crippen LogP contribution in [0.3, 0.4) is 0 Å². The van der Waals surface area contributed by atoms with Crippen molar-refractivity contribution < 1.29 is 9.47 Å². The first-order valence-corrected chi connectivity index (χ1v) is 6.59. The Kier molecular flexibility index (Phi) is 11.3. The fourth-order valence-electron chi connectivity index (χ4n) is 1.99. The van der Waals surface area contributed by atoms with Crippen LogP contribution in [0.1, 0.15) is 52.4 Å². The maximum absolute atomic E-state index is 5.31. The summed E-state index contributed by atoms with van der Waals surface area (Å²) in [5.74, 6) is 0. The maximum atomic E-state index is 5.31. The summed E-state index contributed by atoms with van der Waals surface area (Å²) >= 11 is 0. The van der Waals surface area contributed by atoms with Crippen molar-refractivity contribution in [3.05, 3.63) is 0 Å². The van der Waals surface area contributed by atoms with Crippen LogP contribution in [-0.4, -0.2) is 33.1 Å². The molecule has 0 aromatic rings. The number of methoxy groups -OCH3 is 2. The van der Waals surface area contributed by atoms with Crippen molar-refractivity contribution in [1.82, 2.24) is 5.32 Å². The molecule has 0 saturated heterocycles. The van der Waals surface area contributed by atoms with Crippen molar-refractivity contribution in [2.24, 2.45) is 0 Å². The van der Waals surface area contributed by atoms with Crippen molar-refractivity contribution in [2.75, 3.05) is 20.8 Å². The molecule has 98 valence electrons. The van der Waals surface area contributed by atoms with Crippen LogP contribution in [0, 0.1) is 0 Å². The van der Waals surface area contributed by atoms with Crippen molar-refractivity contribution in [2.45, 2.75) is 64.7 Å². The zero-order valence-electron chi connectivity index (χ0n) is 11.4. The second-order valence-electron chi connectivity index (χ2n) is 4.21. The van der Waals surface area contributed by atoms with Crippen molar-refractivity contribution >= 4 is 0 Å². The summed E-state index contributed by atoms with van der Waals surface area (Å²) in [6, 6.07) is 0.321. The van der Waals surface area contributed by atoms with Gasteiger partial charge in [0.2, 0.25) is 0 Å². The van der Waals surface area contributed by atoms with Gasteiger partial charge < -0.3 is 14.8 Å². The number of hydrogen-bond acceptors (Lipinski definition) is 3. The minimum absolute atomic E-state index is 0.119. The molecule has 0 aliphatic heterocycles. The standard InChI is InChI=1S/C13H29NO2/c1-5-7-8-9-10-11-12(14-6-2)13(15-3)16-4/h12-14H,5-11H2,1-4H3. The maximum Gasteiger partial charge on any atom is 0.171 e. The molecule has 0 aliphatic carbocycles. The van der Waals surface area contributed by atoms with E-state index in [1.54, 1.807) is 14.2 Å². The number of nitrogens with one attached hydrogen (secondary N) is 1. The van der Waals surface area contributed by atoms with Gasteiger partial charge in [-0.05, 0) is 13.0 Å². The summed E-state index contributed by atoms with van der Waals surface area (Å²) < 4.78 is 10.6.